The molecule has 0 aliphatic carbocycles. The number of hydrogen-bond donors (Lipinski definition) is 0. The largest absolute Gasteiger partial charge is 0.497 e. The lowest BCUT2D eigenvalue weighted by Crippen LogP contribution is -2.48. The number of nitrogens with zero attached hydrogens (tertiary/aromatic N) is 3. The molecule has 0 radical (unpaired) electrons. The summed E-state index contributed by atoms with van der Waals surface area (Å²) < 4.78 is 21.5. The zero-order chi connectivity index (χ0) is 24.0. The lowest BCUT2D eigenvalue weighted by atomic mass is 10.1. The van der Waals surface area contributed by atoms with Crippen molar-refractivity contribution in [2.75, 3.05) is 54.1 Å². The third-order valence-corrected chi connectivity index (χ3v) is 5.55. The van der Waals surface area contributed by atoms with Crippen LogP contribution < -0.4 is 18.9 Å². The SMILES string of the molecule is CCOc1cc([N+](=O)[O-])c(C(=O)N2CCN(Cc3cc(OC)ccc3OC)CC2)cc1OC. The third-order valence-electron chi connectivity index (χ3n) is 5.55. The lowest BCUT2D eigenvalue weighted by Gasteiger charge is -2.35. The van der Waals surface area contributed by atoms with Crippen molar-refractivity contribution in [3.8, 4) is 23.0 Å². The number of hydrogen-bond acceptors (Lipinski definition) is 8. The van der Waals surface area contributed by atoms with E-state index in [1.807, 2.05) is 18.2 Å². The van der Waals surface area contributed by atoms with Gasteiger partial charge in [-0.2, -0.15) is 0 Å². The van der Waals surface area contributed by atoms with Crippen LogP contribution in [0.25, 0.3) is 0 Å². The van der Waals surface area contributed by atoms with Gasteiger partial charge in [-0.05, 0) is 25.1 Å². The van der Waals surface area contributed by atoms with Crippen molar-refractivity contribution in [3.05, 3.63) is 51.6 Å². The van der Waals surface area contributed by atoms with Crippen LogP contribution in [0.15, 0.2) is 30.3 Å². The first-order chi connectivity index (χ1) is 15.9. The number of nitro benzene ring substituents is 1. The molecule has 3 rings (SSSR count). The molecule has 10 heteroatoms. The Morgan fingerprint density at radius 3 is 2.24 bits per heavy atom. The summed E-state index contributed by atoms with van der Waals surface area (Å²) >= 11 is 0. The zero-order valence-corrected chi connectivity index (χ0v) is 19.3. The minimum absolute atomic E-state index is 0.0109. The van der Waals surface area contributed by atoms with Gasteiger partial charge in [-0.25, -0.2) is 0 Å². The van der Waals surface area contributed by atoms with Crippen molar-refractivity contribution in [2.24, 2.45) is 0 Å². The van der Waals surface area contributed by atoms with E-state index in [0.29, 0.717) is 39.3 Å². The minimum Gasteiger partial charge on any atom is -0.497 e. The van der Waals surface area contributed by atoms with E-state index < -0.39 is 10.8 Å². The molecule has 33 heavy (non-hydrogen) atoms. The quantitative estimate of drug-likeness (QED) is 0.416. The van der Waals surface area contributed by atoms with Gasteiger partial charge in [-0.3, -0.25) is 19.8 Å². The molecule has 1 aliphatic rings. The lowest BCUT2D eigenvalue weighted by molar-refractivity contribution is -0.385. The summed E-state index contributed by atoms with van der Waals surface area (Å²) in [5, 5.41) is 11.6. The standard InChI is InChI=1S/C23H29N3O7/c1-5-33-22-14-19(26(28)29)18(13-21(22)32-4)23(27)25-10-8-24(9-11-25)15-16-12-17(30-2)6-7-20(16)31-3/h6-7,12-14H,5,8-11,15H2,1-4H3. The van der Waals surface area contributed by atoms with Crippen LogP contribution in [0.2, 0.25) is 0 Å². The molecule has 0 spiro atoms. The molecule has 178 valence electrons. The number of carbonyl (C=O) groups is 1. The number of methoxy groups -OCH3 is 3. The second-order valence-corrected chi connectivity index (χ2v) is 7.46. The Labute approximate surface area is 192 Å². The van der Waals surface area contributed by atoms with Crippen LogP contribution in [-0.2, 0) is 6.54 Å². The molecule has 2 aromatic carbocycles. The van der Waals surface area contributed by atoms with E-state index in [1.54, 1.807) is 26.0 Å². The highest BCUT2D eigenvalue weighted by atomic mass is 16.6. The Bertz CT molecular complexity index is 1000. The van der Waals surface area contributed by atoms with Gasteiger partial charge in [0.05, 0.1) is 38.9 Å². The van der Waals surface area contributed by atoms with E-state index in [1.165, 1.54) is 19.2 Å². The average molecular weight is 459 g/mol. The molecular formula is C23H29N3O7. The highest BCUT2D eigenvalue weighted by molar-refractivity contribution is 5.99. The maximum Gasteiger partial charge on any atom is 0.286 e. The number of nitro groups is 1. The molecule has 1 heterocycles. The summed E-state index contributed by atoms with van der Waals surface area (Å²) in [5.74, 6) is 1.64. The van der Waals surface area contributed by atoms with Gasteiger partial charge in [-0.1, -0.05) is 0 Å². The summed E-state index contributed by atoms with van der Waals surface area (Å²) in [6.45, 7) is 4.85. The maximum atomic E-state index is 13.2. The summed E-state index contributed by atoms with van der Waals surface area (Å²) in [7, 11) is 4.68. The highest BCUT2D eigenvalue weighted by Gasteiger charge is 2.30. The van der Waals surface area contributed by atoms with Gasteiger partial charge in [-0.15, -0.1) is 0 Å². The first-order valence-corrected chi connectivity index (χ1v) is 10.6. The van der Waals surface area contributed by atoms with E-state index >= 15 is 0 Å². The summed E-state index contributed by atoms with van der Waals surface area (Å²) in [4.78, 5) is 28.1. The number of ether oxygens (including phenoxy) is 4. The topological polar surface area (TPSA) is 104 Å². The molecule has 0 aromatic heterocycles. The van der Waals surface area contributed by atoms with E-state index in [-0.39, 0.29) is 22.7 Å². The Morgan fingerprint density at radius 1 is 0.970 bits per heavy atom. The average Bonchev–Trinajstić information content (AvgIpc) is 2.83. The Kier molecular flexibility index (Phi) is 7.94. The molecule has 0 bridgehead atoms. The van der Waals surface area contributed by atoms with E-state index in [4.69, 9.17) is 18.9 Å². The summed E-state index contributed by atoms with van der Waals surface area (Å²) in [6.07, 6.45) is 0. The fourth-order valence-corrected chi connectivity index (χ4v) is 3.83. The van der Waals surface area contributed by atoms with Gasteiger partial charge in [0.25, 0.3) is 11.6 Å². The van der Waals surface area contributed by atoms with Crippen molar-refractivity contribution in [1.29, 1.82) is 0 Å². The Morgan fingerprint density at radius 2 is 1.67 bits per heavy atom. The molecule has 0 saturated carbocycles. The van der Waals surface area contributed by atoms with Gasteiger partial charge < -0.3 is 23.8 Å². The molecule has 10 nitrogen and oxygen atoms in total. The summed E-state index contributed by atoms with van der Waals surface area (Å²) in [5.41, 5.74) is 0.680. The van der Waals surface area contributed by atoms with E-state index in [2.05, 4.69) is 4.90 Å². The summed E-state index contributed by atoms with van der Waals surface area (Å²) in [6, 6.07) is 8.29. The molecule has 0 atom stereocenters. The third kappa shape index (κ3) is 5.46. The predicted molar refractivity (Wildman–Crippen MR) is 122 cm³/mol. The van der Waals surface area contributed by atoms with Crippen LogP contribution in [-0.4, -0.2) is 74.7 Å². The first kappa shape index (κ1) is 24.1. The van der Waals surface area contributed by atoms with E-state index in [0.717, 1.165) is 17.1 Å². The number of rotatable bonds is 9. The molecule has 2 aromatic rings. The van der Waals surface area contributed by atoms with Crippen LogP contribution in [0, 0.1) is 10.1 Å². The van der Waals surface area contributed by atoms with Crippen LogP contribution in [0.1, 0.15) is 22.8 Å². The molecule has 1 saturated heterocycles. The van der Waals surface area contributed by atoms with Crippen LogP contribution >= 0.6 is 0 Å². The normalized spacial score (nSPS) is 14.0. The molecule has 1 amide bonds. The fourth-order valence-electron chi connectivity index (χ4n) is 3.83. The molecule has 0 unspecified atom stereocenters. The van der Waals surface area contributed by atoms with Gasteiger partial charge >= 0.3 is 0 Å². The van der Waals surface area contributed by atoms with Crippen molar-refractivity contribution in [1.82, 2.24) is 9.80 Å². The highest BCUT2D eigenvalue weighted by Crippen LogP contribution is 2.35. The Hall–Kier alpha value is -3.53. The van der Waals surface area contributed by atoms with Crippen LogP contribution in [0.4, 0.5) is 5.69 Å². The van der Waals surface area contributed by atoms with Gasteiger partial charge in [0.2, 0.25) is 0 Å². The smallest absolute Gasteiger partial charge is 0.286 e. The molecule has 1 aliphatic heterocycles. The van der Waals surface area contributed by atoms with Crippen molar-refractivity contribution < 1.29 is 28.7 Å². The fraction of sp³-hybridized carbons (Fsp3) is 0.435. The maximum absolute atomic E-state index is 13.2. The number of benzene rings is 2. The van der Waals surface area contributed by atoms with Crippen molar-refractivity contribution in [2.45, 2.75) is 13.5 Å². The molecule has 1 fully saturated rings. The number of piperazine rings is 1. The van der Waals surface area contributed by atoms with Gasteiger partial charge in [0.1, 0.15) is 17.1 Å². The Balaban J connectivity index is 1.74. The van der Waals surface area contributed by atoms with Crippen LogP contribution in [0.5, 0.6) is 23.0 Å². The van der Waals surface area contributed by atoms with E-state index in [9.17, 15) is 14.9 Å². The van der Waals surface area contributed by atoms with Gasteiger partial charge in [0, 0.05) is 44.4 Å². The monoisotopic (exact) mass is 459 g/mol. The molecular weight excluding hydrogens is 430 g/mol. The van der Waals surface area contributed by atoms with Crippen LogP contribution in [0.3, 0.4) is 0 Å². The number of amides is 1. The van der Waals surface area contributed by atoms with Crippen molar-refractivity contribution in [3.63, 3.8) is 0 Å². The number of carbonyl (C=O) groups excluding carboxylic acids is 1. The second-order valence-electron chi connectivity index (χ2n) is 7.46. The first-order valence-electron chi connectivity index (χ1n) is 10.6. The second kappa shape index (κ2) is 10.9. The van der Waals surface area contributed by atoms with Gasteiger partial charge in [0.15, 0.2) is 11.5 Å². The minimum atomic E-state index is -0.569. The zero-order valence-electron chi connectivity index (χ0n) is 19.3. The van der Waals surface area contributed by atoms with Crippen molar-refractivity contribution >= 4 is 11.6 Å². The predicted octanol–water partition coefficient (Wildman–Crippen LogP) is 2.98. The molecule has 0 N–H and O–H groups in total.